The number of piperazine rings is 1. The number of esters is 1. The number of rotatable bonds is 11. The van der Waals surface area contributed by atoms with E-state index in [1.807, 2.05) is 30.3 Å². The van der Waals surface area contributed by atoms with Gasteiger partial charge in [0.1, 0.15) is 0 Å². The Hall–Kier alpha value is -5.20. The summed E-state index contributed by atoms with van der Waals surface area (Å²) in [7, 11) is 2.59. The summed E-state index contributed by atoms with van der Waals surface area (Å²) in [5.41, 5.74) is 6.97. The smallest absolute Gasteiger partial charge is 0.409 e. The maximum Gasteiger partial charge on any atom is 0.409 e. The van der Waals surface area contributed by atoms with Crippen LogP contribution in [-0.2, 0) is 25.6 Å². The molecule has 13 heteroatoms. The Bertz CT molecular complexity index is 1570. The second-order valence-electron chi connectivity index (χ2n) is 10.3. The Morgan fingerprint density at radius 1 is 0.956 bits per heavy atom. The van der Waals surface area contributed by atoms with Crippen LogP contribution >= 0.6 is 0 Å². The normalized spacial score (nSPS) is 13.6. The predicted molar refractivity (Wildman–Crippen MR) is 164 cm³/mol. The summed E-state index contributed by atoms with van der Waals surface area (Å²) >= 11 is 0. The molecule has 1 aliphatic heterocycles. The van der Waals surface area contributed by atoms with Gasteiger partial charge in [0.15, 0.2) is 5.75 Å². The molecule has 2 aromatic carbocycles. The van der Waals surface area contributed by atoms with E-state index in [1.165, 1.54) is 25.2 Å². The number of carbonyl (C=O) groups excluding carboxylic acids is 5. The van der Waals surface area contributed by atoms with Crippen molar-refractivity contribution in [2.45, 2.75) is 32.2 Å². The van der Waals surface area contributed by atoms with E-state index >= 15 is 0 Å². The molecule has 1 saturated heterocycles. The summed E-state index contributed by atoms with van der Waals surface area (Å²) in [5, 5.41) is 3.05. The van der Waals surface area contributed by atoms with Crippen molar-refractivity contribution in [1.82, 2.24) is 20.1 Å². The summed E-state index contributed by atoms with van der Waals surface area (Å²) in [5.74, 6) is -3.29. The number of methoxy groups -OCH3 is 2. The minimum atomic E-state index is -1.03. The number of ether oxygens (including phenoxy) is 3. The van der Waals surface area contributed by atoms with E-state index in [2.05, 4.69) is 5.32 Å². The molecule has 238 valence electrons. The van der Waals surface area contributed by atoms with Crippen LogP contribution in [0, 0.1) is 0 Å². The second kappa shape index (κ2) is 15.0. The molecule has 1 atom stereocenters. The number of benzene rings is 2. The van der Waals surface area contributed by atoms with Crippen molar-refractivity contribution in [3.8, 4) is 5.75 Å². The van der Waals surface area contributed by atoms with Gasteiger partial charge in [-0.05, 0) is 31.0 Å². The molecular formula is C32H37N5O8. The lowest BCUT2D eigenvalue weighted by molar-refractivity contribution is -0.141. The quantitative estimate of drug-likeness (QED) is 0.306. The molecule has 4 rings (SSSR count). The summed E-state index contributed by atoms with van der Waals surface area (Å²) in [6, 6.07) is 13.9. The highest BCUT2D eigenvalue weighted by Crippen LogP contribution is 2.38. The molecule has 0 radical (unpaired) electrons. The van der Waals surface area contributed by atoms with E-state index in [9.17, 15) is 24.0 Å². The monoisotopic (exact) mass is 619 g/mol. The third-order valence-corrected chi connectivity index (χ3v) is 7.60. The predicted octanol–water partition coefficient (Wildman–Crippen LogP) is 2.61. The van der Waals surface area contributed by atoms with Crippen LogP contribution in [0.3, 0.4) is 0 Å². The highest BCUT2D eigenvalue weighted by Gasteiger charge is 2.36. The van der Waals surface area contributed by atoms with E-state index in [4.69, 9.17) is 24.9 Å². The van der Waals surface area contributed by atoms with E-state index in [0.29, 0.717) is 0 Å². The maximum absolute atomic E-state index is 14.1. The van der Waals surface area contributed by atoms with Gasteiger partial charge in [0.05, 0.1) is 43.5 Å². The number of pyridine rings is 1. The second-order valence-corrected chi connectivity index (χ2v) is 10.3. The number of amides is 4. The van der Waals surface area contributed by atoms with Gasteiger partial charge in [0.2, 0.25) is 11.8 Å². The summed E-state index contributed by atoms with van der Waals surface area (Å²) in [6.07, 6.45) is -0.574. The Morgan fingerprint density at radius 2 is 1.64 bits per heavy atom. The van der Waals surface area contributed by atoms with Crippen LogP contribution in [0.1, 0.15) is 57.7 Å². The molecule has 13 nitrogen and oxygen atoms in total. The van der Waals surface area contributed by atoms with Gasteiger partial charge in [-0.25, -0.2) is 9.78 Å². The zero-order valence-electron chi connectivity index (χ0n) is 25.5. The molecular weight excluding hydrogens is 582 g/mol. The highest BCUT2D eigenvalue weighted by atomic mass is 16.6. The molecule has 1 unspecified atom stereocenters. The molecule has 1 aromatic heterocycles. The third-order valence-electron chi connectivity index (χ3n) is 7.60. The number of aromatic nitrogens is 1. The average molecular weight is 620 g/mol. The van der Waals surface area contributed by atoms with Gasteiger partial charge >= 0.3 is 12.1 Å². The zero-order chi connectivity index (χ0) is 32.5. The van der Waals surface area contributed by atoms with Gasteiger partial charge in [-0.15, -0.1) is 0 Å². The van der Waals surface area contributed by atoms with E-state index in [1.54, 1.807) is 24.0 Å². The number of carbonyl (C=O) groups is 5. The van der Waals surface area contributed by atoms with Crippen LogP contribution in [0.25, 0.3) is 10.9 Å². The number of fused-ring (bicyclic) bond motifs is 1. The van der Waals surface area contributed by atoms with Crippen LogP contribution in [0.2, 0.25) is 0 Å². The van der Waals surface area contributed by atoms with E-state index in [0.717, 1.165) is 5.56 Å². The minimum absolute atomic E-state index is 0.000944. The molecule has 0 aliphatic carbocycles. The first-order valence-electron chi connectivity index (χ1n) is 14.6. The molecule has 0 spiro atoms. The fourth-order valence-electron chi connectivity index (χ4n) is 5.34. The molecule has 3 N–H and O–H groups in total. The first kappa shape index (κ1) is 32.7. The average Bonchev–Trinajstić information content (AvgIpc) is 3.06. The highest BCUT2D eigenvalue weighted by molar-refractivity contribution is 6.16. The maximum atomic E-state index is 14.1. The topological polar surface area (TPSA) is 170 Å². The van der Waals surface area contributed by atoms with Gasteiger partial charge in [-0.2, -0.15) is 0 Å². The Morgan fingerprint density at radius 3 is 2.27 bits per heavy atom. The van der Waals surface area contributed by atoms with Crippen LogP contribution in [0.4, 0.5) is 4.79 Å². The van der Waals surface area contributed by atoms with Gasteiger partial charge in [-0.3, -0.25) is 19.2 Å². The van der Waals surface area contributed by atoms with Crippen LogP contribution in [-0.4, -0.2) is 91.6 Å². The SMILES string of the molecule is CCOC(=O)N1CCN(C(=O)C(CCC(=O)OC)c2nc3cccc(C(N)=O)c3c(C(=O)NCc3ccccc3)c2OC)CC1. The standard InChI is InChI=1S/C32H37N5O8/c1-4-45-32(42)37-17-15-36(16-18-37)31(41)22(13-14-24(38)43-2)27-28(44-3)26(30(40)34-19-20-9-6-5-7-10-20)25-21(29(33)39)11-8-12-23(25)35-27/h5-12,22H,4,13-19H2,1-3H3,(H2,33,39)(H,34,40). The largest absolute Gasteiger partial charge is 0.494 e. The van der Waals surface area contributed by atoms with Crippen molar-refractivity contribution in [1.29, 1.82) is 0 Å². The Kier molecular flexibility index (Phi) is 10.9. The van der Waals surface area contributed by atoms with Gasteiger partial charge < -0.3 is 35.1 Å². The fraction of sp³-hybridized carbons (Fsp3) is 0.375. The van der Waals surface area contributed by atoms with Crippen molar-refractivity contribution in [3.63, 3.8) is 0 Å². The van der Waals surface area contributed by atoms with Gasteiger partial charge in [0.25, 0.3) is 5.91 Å². The molecule has 4 amide bonds. The molecule has 1 fully saturated rings. The van der Waals surface area contributed by atoms with Gasteiger partial charge in [-0.1, -0.05) is 36.4 Å². The van der Waals surface area contributed by atoms with E-state index < -0.39 is 29.8 Å². The Balaban J connectivity index is 1.80. The van der Waals surface area contributed by atoms with Crippen LogP contribution in [0.15, 0.2) is 48.5 Å². The lowest BCUT2D eigenvalue weighted by atomic mass is 9.91. The van der Waals surface area contributed by atoms with Crippen molar-refractivity contribution < 1.29 is 38.2 Å². The number of primary amides is 1. The van der Waals surface area contributed by atoms with Crippen molar-refractivity contribution in [3.05, 3.63) is 70.9 Å². The lowest BCUT2D eigenvalue weighted by Gasteiger charge is -2.36. The summed E-state index contributed by atoms with van der Waals surface area (Å²) < 4.78 is 15.7. The lowest BCUT2D eigenvalue weighted by Crippen LogP contribution is -2.51. The molecule has 0 bridgehead atoms. The number of nitrogens with one attached hydrogen (secondary N) is 1. The number of hydrogen-bond acceptors (Lipinski definition) is 9. The van der Waals surface area contributed by atoms with Crippen molar-refractivity contribution in [2.24, 2.45) is 5.73 Å². The Labute approximate surface area is 260 Å². The van der Waals surface area contributed by atoms with E-state index in [-0.39, 0.29) is 91.6 Å². The number of hydrogen-bond donors (Lipinski definition) is 2. The van der Waals surface area contributed by atoms with Crippen molar-refractivity contribution >= 4 is 40.7 Å². The first-order chi connectivity index (χ1) is 21.7. The number of nitrogens with zero attached hydrogens (tertiary/aromatic N) is 3. The molecule has 2 heterocycles. The molecule has 0 saturated carbocycles. The van der Waals surface area contributed by atoms with Crippen LogP contribution in [0.5, 0.6) is 5.75 Å². The zero-order valence-corrected chi connectivity index (χ0v) is 25.5. The minimum Gasteiger partial charge on any atom is -0.494 e. The first-order valence-corrected chi connectivity index (χ1v) is 14.6. The third kappa shape index (κ3) is 7.48. The van der Waals surface area contributed by atoms with Crippen molar-refractivity contribution in [2.75, 3.05) is 47.0 Å². The summed E-state index contributed by atoms with van der Waals surface area (Å²) in [6.45, 7) is 3.08. The molecule has 1 aliphatic rings. The van der Waals surface area contributed by atoms with Crippen LogP contribution < -0.4 is 15.8 Å². The molecule has 45 heavy (non-hydrogen) atoms. The number of nitrogens with two attached hydrogens (primary N) is 1. The fourth-order valence-corrected chi connectivity index (χ4v) is 5.34. The summed E-state index contributed by atoms with van der Waals surface area (Å²) in [4.78, 5) is 72.8. The van der Waals surface area contributed by atoms with Gasteiger partial charge in [0, 0.05) is 50.1 Å². The molecule has 3 aromatic rings.